The standard InChI is InChI=1S/C23H21N3O4/c1-14-11-25-15(12-24-14)10-21(22(27)28)26-23(29)30-13-20-18-8-4-2-6-16(18)17-7-3-5-9-19(17)20/h2-9,11-12,20-21H,10,13H2,1H3,(H,26,29)(H,27,28). The Kier molecular flexibility index (Phi) is 5.43. The molecule has 2 aromatic carbocycles. The van der Waals surface area contributed by atoms with Crippen molar-refractivity contribution in [2.45, 2.75) is 25.3 Å². The lowest BCUT2D eigenvalue weighted by molar-refractivity contribution is -0.139. The molecule has 0 saturated heterocycles. The van der Waals surface area contributed by atoms with E-state index < -0.39 is 18.1 Å². The van der Waals surface area contributed by atoms with Crippen LogP contribution in [0.2, 0.25) is 0 Å². The number of hydrogen-bond acceptors (Lipinski definition) is 5. The van der Waals surface area contributed by atoms with Gasteiger partial charge in [0, 0.05) is 24.7 Å². The lowest BCUT2D eigenvalue weighted by Gasteiger charge is -2.17. The highest BCUT2D eigenvalue weighted by Crippen LogP contribution is 2.44. The number of aliphatic carboxylic acids is 1. The van der Waals surface area contributed by atoms with Crippen molar-refractivity contribution < 1.29 is 19.4 Å². The molecule has 3 aromatic rings. The lowest BCUT2D eigenvalue weighted by Crippen LogP contribution is -2.43. The van der Waals surface area contributed by atoms with Crippen molar-refractivity contribution in [2.75, 3.05) is 6.61 Å². The predicted molar refractivity (Wildman–Crippen MR) is 110 cm³/mol. The van der Waals surface area contributed by atoms with Crippen molar-refractivity contribution in [3.8, 4) is 11.1 Å². The molecule has 1 heterocycles. The van der Waals surface area contributed by atoms with Crippen LogP contribution < -0.4 is 5.32 Å². The molecule has 2 N–H and O–H groups in total. The number of carboxylic acids is 1. The quantitative estimate of drug-likeness (QED) is 0.655. The Morgan fingerprint density at radius 3 is 2.23 bits per heavy atom. The molecule has 7 heteroatoms. The van der Waals surface area contributed by atoms with Gasteiger partial charge in [0.25, 0.3) is 0 Å². The maximum Gasteiger partial charge on any atom is 0.407 e. The first-order chi connectivity index (χ1) is 14.5. The number of nitrogens with zero attached hydrogens (tertiary/aromatic N) is 2. The Bertz CT molecular complexity index is 1040. The minimum Gasteiger partial charge on any atom is -0.480 e. The number of carbonyl (C=O) groups excluding carboxylic acids is 1. The van der Waals surface area contributed by atoms with E-state index in [9.17, 15) is 14.7 Å². The Morgan fingerprint density at radius 1 is 1.03 bits per heavy atom. The van der Waals surface area contributed by atoms with Crippen molar-refractivity contribution >= 4 is 12.1 Å². The third kappa shape index (κ3) is 4.00. The fourth-order valence-corrected chi connectivity index (χ4v) is 3.72. The summed E-state index contributed by atoms with van der Waals surface area (Å²) in [5, 5.41) is 11.9. The van der Waals surface area contributed by atoms with E-state index in [1.54, 1.807) is 13.1 Å². The lowest BCUT2D eigenvalue weighted by atomic mass is 9.98. The van der Waals surface area contributed by atoms with Crippen LogP contribution in [0.4, 0.5) is 4.79 Å². The highest BCUT2D eigenvalue weighted by Gasteiger charge is 2.29. The van der Waals surface area contributed by atoms with Crippen LogP contribution in [0.1, 0.15) is 28.4 Å². The summed E-state index contributed by atoms with van der Waals surface area (Å²) in [6.07, 6.45) is 2.31. The average Bonchev–Trinajstić information content (AvgIpc) is 3.07. The van der Waals surface area contributed by atoms with Gasteiger partial charge >= 0.3 is 12.1 Å². The number of amides is 1. The number of alkyl carbamates (subject to hydrolysis) is 1. The molecule has 0 radical (unpaired) electrons. The number of carboxylic acid groups (broad SMARTS) is 1. The van der Waals surface area contributed by atoms with Crippen molar-refractivity contribution in [2.24, 2.45) is 0 Å². The largest absolute Gasteiger partial charge is 0.480 e. The first-order valence-corrected chi connectivity index (χ1v) is 9.65. The number of fused-ring (bicyclic) bond motifs is 3. The van der Waals surface area contributed by atoms with E-state index >= 15 is 0 Å². The molecule has 0 bridgehead atoms. The highest BCUT2D eigenvalue weighted by molar-refractivity contribution is 5.81. The molecule has 30 heavy (non-hydrogen) atoms. The van der Waals surface area contributed by atoms with Gasteiger partial charge in [-0.25, -0.2) is 9.59 Å². The molecule has 0 aliphatic heterocycles. The van der Waals surface area contributed by atoms with Gasteiger partial charge in [-0.2, -0.15) is 0 Å². The zero-order valence-electron chi connectivity index (χ0n) is 16.4. The Balaban J connectivity index is 1.43. The van der Waals surface area contributed by atoms with Gasteiger partial charge in [-0.15, -0.1) is 0 Å². The molecule has 0 spiro atoms. The third-order valence-corrected chi connectivity index (χ3v) is 5.18. The van der Waals surface area contributed by atoms with Crippen LogP contribution in [0.25, 0.3) is 11.1 Å². The van der Waals surface area contributed by atoms with Crippen LogP contribution >= 0.6 is 0 Å². The minimum atomic E-state index is -1.16. The monoisotopic (exact) mass is 403 g/mol. The maximum absolute atomic E-state index is 12.4. The van der Waals surface area contributed by atoms with Gasteiger partial charge in [-0.05, 0) is 29.2 Å². The number of carbonyl (C=O) groups is 2. The molecule has 152 valence electrons. The van der Waals surface area contributed by atoms with Gasteiger partial charge in [-0.3, -0.25) is 9.97 Å². The molecular formula is C23H21N3O4. The summed E-state index contributed by atoms with van der Waals surface area (Å²) in [5.74, 6) is -1.25. The zero-order valence-corrected chi connectivity index (χ0v) is 16.4. The number of nitrogens with one attached hydrogen (secondary N) is 1. The first kappa shape index (κ1) is 19.6. The summed E-state index contributed by atoms with van der Waals surface area (Å²) in [4.78, 5) is 32.2. The molecule has 0 saturated carbocycles. The normalized spacial score (nSPS) is 13.2. The van der Waals surface area contributed by atoms with Crippen molar-refractivity contribution in [3.63, 3.8) is 0 Å². The number of ether oxygens (including phenoxy) is 1. The second kappa shape index (κ2) is 8.32. The van der Waals surface area contributed by atoms with Crippen molar-refractivity contribution in [1.82, 2.24) is 15.3 Å². The molecule has 1 aliphatic rings. The molecular weight excluding hydrogens is 382 g/mol. The van der Waals surface area contributed by atoms with Gasteiger partial charge in [0.2, 0.25) is 0 Å². The average molecular weight is 403 g/mol. The summed E-state index contributed by atoms with van der Waals surface area (Å²) < 4.78 is 5.43. The van der Waals surface area contributed by atoms with E-state index in [0.717, 1.165) is 27.9 Å². The van der Waals surface area contributed by atoms with Crippen LogP contribution in [0, 0.1) is 6.92 Å². The molecule has 1 atom stereocenters. The van der Waals surface area contributed by atoms with Crippen LogP contribution in [0.3, 0.4) is 0 Å². The molecule has 1 amide bonds. The second-order valence-corrected chi connectivity index (χ2v) is 7.21. The summed E-state index contributed by atoms with van der Waals surface area (Å²) in [5.41, 5.74) is 5.65. The minimum absolute atomic E-state index is 0.0206. The topological polar surface area (TPSA) is 101 Å². The van der Waals surface area contributed by atoms with E-state index in [1.165, 1.54) is 6.20 Å². The molecule has 1 aromatic heterocycles. The van der Waals surface area contributed by atoms with Crippen LogP contribution in [-0.2, 0) is 16.0 Å². The van der Waals surface area contributed by atoms with Crippen molar-refractivity contribution in [1.29, 1.82) is 0 Å². The summed E-state index contributed by atoms with van der Waals surface area (Å²) >= 11 is 0. The van der Waals surface area contributed by atoms with E-state index in [-0.39, 0.29) is 18.9 Å². The molecule has 4 rings (SSSR count). The van der Waals surface area contributed by atoms with E-state index in [0.29, 0.717) is 5.69 Å². The second-order valence-electron chi connectivity index (χ2n) is 7.21. The van der Waals surface area contributed by atoms with Gasteiger partial charge in [-0.1, -0.05) is 48.5 Å². The van der Waals surface area contributed by atoms with Gasteiger partial charge in [0.1, 0.15) is 12.6 Å². The van der Waals surface area contributed by atoms with Crippen LogP contribution in [0.5, 0.6) is 0 Å². The van der Waals surface area contributed by atoms with Gasteiger partial charge in [0.15, 0.2) is 0 Å². The SMILES string of the molecule is Cc1cnc(CC(NC(=O)OCC2c3ccccc3-c3ccccc32)C(=O)O)cn1. The fraction of sp³-hybridized carbons (Fsp3) is 0.217. The first-order valence-electron chi connectivity index (χ1n) is 9.65. The molecule has 1 aliphatic carbocycles. The molecule has 7 nitrogen and oxygen atoms in total. The highest BCUT2D eigenvalue weighted by atomic mass is 16.5. The predicted octanol–water partition coefficient (Wildman–Crippen LogP) is 3.32. The van der Waals surface area contributed by atoms with E-state index in [1.807, 2.05) is 36.4 Å². The Hall–Kier alpha value is -3.74. The van der Waals surface area contributed by atoms with Gasteiger partial charge < -0.3 is 15.2 Å². The van der Waals surface area contributed by atoms with Crippen LogP contribution in [-0.4, -0.2) is 39.8 Å². The zero-order chi connectivity index (χ0) is 21.1. The Labute approximate surface area is 173 Å². The maximum atomic E-state index is 12.4. The number of rotatable bonds is 6. The summed E-state index contributed by atoms with van der Waals surface area (Å²) in [7, 11) is 0. The van der Waals surface area contributed by atoms with Crippen LogP contribution in [0.15, 0.2) is 60.9 Å². The number of aromatic nitrogens is 2. The summed E-state index contributed by atoms with van der Waals surface area (Å²) in [6, 6.07) is 14.9. The number of hydrogen-bond donors (Lipinski definition) is 2. The van der Waals surface area contributed by atoms with Crippen molar-refractivity contribution in [3.05, 3.63) is 83.4 Å². The fourth-order valence-electron chi connectivity index (χ4n) is 3.72. The molecule has 0 fully saturated rings. The van der Waals surface area contributed by atoms with E-state index in [4.69, 9.17) is 4.74 Å². The van der Waals surface area contributed by atoms with Gasteiger partial charge in [0.05, 0.1) is 11.4 Å². The summed E-state index contributed by atoms with van der Waals surface area (Å²) in [6.45, 7) is 1.91. The molecule has 1 unspecified atom stereocenters. The smallest absolute Gasteiger partial charge is 0.407 e. The van der Waals surface area contributed by atoms with E-state index in [2.05, 4.69) is 27.4 Å². The number of aryl methyl sites for hydroxylation is 1. The number of benzene rings is 2. The third-order valence-electron chi connectivity index (χ3n) is 5.18. The Morgan fingerprint density at radius 2 is 1.67 bits per heavy atom.